The largest absolute Gasteiger partial charge is 0.330 e. The zero-order valence-corrected chi connectivity index (χ0v) is 8.97. The quantitative estimate of drug-likeness (QED) is 0.470. The molecule has 4 heteroatoms. The van der Waals surface area contributed by atoms with Gasteiger partial charge < -0.3 is 5.73 Å². The minimum Gasteiger partial charge on any atom is -0.330 e. The molecule has 1 atom stereocenters. The van der Waals surface area contributed by atoms with Gasteiger partial charge in [-0.05, 0) is 36.6 Å². The van der Waals surface area contributed by atoms with E-state index in [4.69, 9.17) is 10.9 Å². The van der Waals surface area contributed by atoms with Crippen LogP contribution < -0.4 is 11.2 Å². The van der Waals surface area contributed by atoms with Crippen molar-refractivity contribution in [1.82, 2.24) is 5.48 Å². The molecular formula is C10H20N2O2. The minimum absolute atomic E-state index is 0.101. The van der Waals surface area contributed by atoms with Crippen molar-refractivity contribution in [2.24, 2.45) is 16.6 Å². The lowest BCUT2D eigenvalue weighted by atomic mass is 9.79. The summed E-state index contributed by atoms with van der Waals surface area (Å²) in [6.07, 6.45) is 3.38. The topological polar surface area (TPSA) is 75.4 Å². The highest BCUT2D eigenvalue weighted by molar-refractivity contribution is 5.75. The van der Waals surface area contributed by atoms with Crippen LogP contribution in [0.15, 0.2) is 0 Å². The van der Waals surface area contributed by atoms with Crippen LogP contribution in [0.4, 0.5) is 0 Å². The third-order valence-electron chi connectivity index (χ3n) is 3.28. The first-order valence-corrected chi connectivity index (χ1v) is 5.06. The molecule has 1 amide bonds. The fourth-order valence-corrected chi connectivity index (χ4v) is 2.57. The van der Waals surface area contributed by atoms with Crippen molar-refractivity contribution in [2.45, 2.75) is 39.5 Å². The highest BCUT2D eigenvalue weighted by atomic mass is 16.5. The molecular weight excluding hydrogens is 180 g/mol. The van der Waals surface area contributed by atoms with E-state index in [0.29, 0.717) is 13.0 Å². The van der Waals surface area contributed by atoms with E-state index >= 15 is 0 Å². The summed E-state index contributed by atoms with van der Waals surface area (Å²) in [5, 5.41) is 8.49. The van der Waals surface area contributed by atoms with Crippen molar-refractivity contribution >= 4 is 5.91 Å². The predicted octanol–water partition coefficient (Wildman–Crippen LogP) is 1.04. The van der Waals surface area contributed by atoms with E-state index in [2.05, 4.69) is 13.8 Å². The number of amides is 1. The van der Waals surface area contributed by atoms with E-state index in [9.17, 15) is 4.79 Å². The first kappa shape index (κ1) is 11.5. The van der Waals surface area contributed by atoms with Crippen LogP contribution >= 0.6 is 0 Å². The molecule has 1 fully saturated rings. The molecule has 0 aliphatic heterocycles. The standard InChI is InChI=1S/C10H20N2O2/c1-9(2)3-4-10(6-9,7-11)5-8(13)12-14/h14H,3-7,11H2,1-2H3,(H,12,13). The van der Waals surface area contributed by atoms with Crippen LogP contribution in [-0.2, 0) is 4.79 Å². The van der Waals surface area contributed by atoms with Crippen molar-refractivity contribution in [3.8, 4) is 0 Å². The molecule has 4 N–H and O–H groups in total. The van der Waals surface area contributed by atoms with Crippen LogP contribution in [0.5, 0.6) is 0 Å². The Morgan fingerprint density at radius 1 is 1.50 bits per heavy atom. The van der Waals surface area contributed by atoms with Gasteiger partial charge in [0.1, 0.15) is 0 Å². The van der Waals surface area contributed by atoms with E-state index in [1.54, 1.807) is 5.48 Å². The minimum atomic E-state index is -0.326. The van der Waals surface area contributed by atoms with Crippen LogP contribution in [0.2, 0.25) is 0 Å². The van der Waals surface area contributed by atoms with Gasteiger partial charge in [-0.1, -0.05) is 13.8 Å². The Hall–Kier alpha value is -0.610. The number of nitrogens with two attached hydrogens (primary N) is 1. The lowest BCUT2D eigenvalue weighted by Crippen LogP contribution is -2.35. The Bertz CT molecular complexity index is 228. The first-order valence-electron chi connectivity index (χ1n) is 5.06. The summed E-state index contributed by atoms with van der Waals surface area (Å²) in [6.45, 7) is 4.91. The normalized spacial score (nSPS) is 30.3. The van der Waals surface area contributed by atoms with E-state index in [1.165, 1.54) is 0 Å². The number of hydroxylamine groups is 1. The zero-order valence-electron chi connectivity index (χ0n) is 8.97. The second-order valence-electron chi connectivity index (χ2n) is 5.26. The zero-order chi connectivity index (χ0) is 10.8. The monoisotopic (exact) mass is 200 g/mol. The molecule has 1 unspecified atom stereocenters. The number of hydrogen-bond acceptors (Lipinski definition) is 3. The second-order valence-corrected chi connectivity index (χ2v) is 5.26. The smallest absolute Gasteiger partial charge is 0.243 e. The summed E-state index contributed by atoms with van der Waals surface area (Å²) in [4.78, 5) is 11.1. The lowest BCUT2D eigenvalue weighted by Gasteiger charge is -2.28. The summed E-state index contributed by atoms with van der Waals surface area (Å²) < 4.78 is 0. The Morgan fingerprint density at radius 3 is 2.50 bits per heavy atom. The molecule has 1 aliphatic carbocycles. The maximum atomic E-state index is 11.1. The number of carbonyl (C=O) groups excluding carboxylic acids is 1. The van der Waals surface area contributed by atoms with Crippen molar-refractivity contribution in [1.29, 1.82) is 0 Å². The summed E-state index contributed by atoms with van der Waals surface area (Å²) in [7, 11) is 0. The Balaban J connectivity index is 2.65. The van der Waals surface area contributed by atoms with Crippen molar-refractivity contribution in [3.63, 3.8) is 0 Å². The number of hydrogen-bond donors (Lipinski definition) is 3. The van der Waals surface area contributed by atoms with Crippen LogP contribution in [-0.4, -0.2) is 17.7 Å². The molecule has 1 rings (SSSR count). The Labute approximate surface area is 84.8 Å². The molecule has 0 spiro atoms. The van der Waals surface area contributed by atoms with Gasteiger partial charge in [0.05, 0.1) is 0 Å². The average Bonchev–Trinajstić information content (AvgIpc) is 2.42. The van der Waals surface area contributed by atoms with E-state index in [1.807, 2.05) is 0 Å². The van der Waals surface area contributed by atoms with Gasteiger partial charge in [0.15, 0.2) is 0 Å². The molecule has 0 aromatic heterocycles. The van der Waals surface area contributed by atoms with Gasteiger partial charge in [-0.3, -0.25) is 10.0 Å². The van der Waals surface area contributed by atoms with Gasteiger partial charge in [-0.15, -0.1) is 0 Å². The van der Waals surface area contributed by atoms with Gasteiger partial charge in [-0.2, -0.15) is 0 Å². The summed E-state index contributed by atoms with van der Waals surface area (Å²) >= 11 is 0. The Kier molecular flexibility index (Phi) is 3.17. The van der Waals surface area contributed by atoms with Gasteiger partial charge in [0.25, 0.3) is 0 Å². The van der Waals surface area contributed by atoms with Crippen LogP contribution in [0, 0.1) is 10.8 Å². The number of rotatable bonds is 3. The molecule has 82 valence electrons. The van der Waals surface area contributed by atoms with Gasteiger partial charge in [0, 0.05) is 6.42 Å². The van der Waals surface area contributed by atoms with Gasteiger partial charge in [-0.25, -0.2) is 5.48 Å². The van der Waals surface area contributed by atoms with Crippen LogP contribution in [0.3, 0.4) is 0 Å². The average molecular weight is 200 g/mol. The van der Waals surface area contributed by atoms with Gasteiger partial charge in [0.2, 0.25) is 5.91 Å². The number of carbonyl (C=O) groups is 1. The molecule has 1 aliphatic rings. The van der Waals surface area contributed by atoms with Crippen molar-refractivity contribution in [2.75, 3.05) is 6.54 Å². The predicted molar refractivity (Wildman–Crippen MR) is 53.7 cm³/mol. The second kappa shape index (κ2) is 3.87. The molecule has 0 heterocycles. The maximum Gasteiger partial charge on any atom is 0.243 e. The van der Waals surface area contributed by atoms with E-state index in [0.717, 1.165) is 19.3 Å². The van der Waals surface area contributed by atoms with E-state index < -0.39 is 0 Å². The Morgan fingerprint density at radius 2 is 2.14 bits per heavy atom. The molecule has 1 saturated carbocycles. The van der Waals surface area contributed by atoms with Crippen molar-refractivity contribution in [3.05, 3.63) is 0 Å². The van der Waals surface area contributed by atoms with Crippen LogP contribution in [0.25, 0.3) is 0 Å². The van der Waals surface area contributed by atoms with Gasteiger partial charge >= 0.3 is 0 Å². The number of nitrogens with one attached hydrogen (secondary N) is 1. The third kappa shape index (κ3) is 2.45. The maximum absolute atomic E-state index is 11.1. The summed E-state index contributed by atoms with van der Waals surface area (Å²) in [5.74, 6) is -0.326. The highest BCUT2D eigenvalue weighted by Crippen LogP contribution is 2.50. The SMILES string of the molecule is CC1(C)CCC(CN)(CC(=O)NO)C1. The van der Waals surface area contributed by atoms with Crippen LogP contribution in [0.1, 0.15) is 39.5 Å². The molecule has 0 aromatic carbocycles. The fraction of sp³-hybridized carbons (Fsp3) is 0.900. The lowest BCUT2D eigenvalue weighted by molar-refractivity contribution is -0.131. The summed E-state index contributed by atoms with van der Waals surface area (Å²) in [5.41, 5.74) is 7.59. The molecule has 0 saturated heterocycles. The van der Waals surface area contributed by atoms with Crippen molar-refractivity contribution < 1.29 is 10.0 Å². The first-order chi connectivity index (χ1) is 6.43. The molecule has 4 nitrogen and oxygen atoms in total. The summed E-state index contributed by atoms with van der Waals surface area (Å²) in [6, 6.07) is 0. The fourth-order valence-electron chi connectivity index (χ4n) is 2.57. The van der Waals surface area contributed by atoms with E-state index in [-0.39, 0.29) is 16.7 Å². The molecule has 0 aromatic rings. The highest BCUT2D eigenvalue weighted by Gasteiger charge is 2.43. The molecule has 14 heavy (non-hydrogen) atoms. The molecule has 0 radical (unpaired) electrons. The third-order valence-corrected chi connectivity index (χ3v) is 3.28. The molecule has 0 bridgehead atoms.